The number of hydrogen-bond donors (Lipinski definition) is 4. The van der Waals surface area contributed by atoms with Crippen molar-refractivity contribution in [3.05, 3.63) is 31.5 Å². The van der Waals surface area contributed by atoms with Crippen LogP contribution in [-0.4, -0.2) is 41.3 Å². The van der Waals surface area contributed by atoms with Gasteiger partial charge in [0.25, 0.3) is 0 Å². The number of rotatable bonds is 0. The monoisotopic (exact) mass is 328 g/mol. The van der Waals surface area contributed by atoms with E-state index in [1.54, 1.807) is 15.0 Å². The van der Waals surface area contributed by atoms with Gasteiger partial charge in [-0.25, -0.2) is 14.4 Å². The van der Waals surface area contributed by atoms with Crippen LogP contribution in [0.5, 0.6) is 0 Å². The minimum absolute atomic E-state index is 0. The summed E-state index contributed by atoms with van der Waals surface area (Å²) in [5.41, 5.74) is -2.41. The number of aromatic amines is 3. The van der Waals surface area contributed by atoms with Crippen molar-refractivity contribution >= 4 is 22.9 Å². The van der Waals surface area contributed by atoms with Gasteiger partial charge < -0.3 is 0 Å². The maximum absolute atomic E-state index is 10.2. The van der Waals surface area contributed by atoms with Gasteiger partial charge in [-0.05, 0) is 0 Å². The summed E-state index contributed by atoms with van der Waals surface area (Å²) in [4.78, 5) is 35.9. The standard InChI is InChI=1S/C3H3N3O3.Co.H2O.Sn.3H/c7-1-4-2(8)6-3(9)5-1;;;;;;/h(H3,4,5,6,7,8,9);;1H2;;;;/q;;;+1;;;/p-1. The van der Waals surface area contributed by atoms with Gasteiger partial charge in [-0.2, -0.15) is 0 Å². The molecule has 0 saturated heterocycles. The topological polar surface area (TPSA) is 119 Å². The molecule has 0 saturated carbocycles. The molecule has 1 aromatic rings. The molecule has 0 aliphatic rings. The van der Waals surface area contributed by atoms with E-state index in [1.165, 1.54) is 0 Å². The fourth-order valence-corrected chi connectivity index (χ4v) is 0.403. The van der Waals surface area contributed by atoms with Crippen molar-refractivity contribution in [2.24, 2.45) is 0 Å². The summed E-state index contributed by atoms with van der Waals surface area (Å²) in [6, 6.07) is 0. The summed E-state index contributed by atoms with van der Waals surface area (Å²) in [6.45, 7) is 0. The second-order valence-corrected chi connectivity index (χ2v) is 1.36. The van der Waals surface area contributed by atoms with Crippen LogP contribution in [0.25, 0.3) is 0 Å². The molecule has 0 unspecified atom stereocenters. The van der Waals surface area contributed by atoms with E-state index < -0.39 is 17.1 Å². The Morgan fingerprint density at radius 3 is 1.17 bits per heavy atom. The van der Waals surface area contributed by atoms with Gasteiger partial charge >= 0.3 is 43.5 Å². The van der Waals surface area contributed by atoms with Crippen molar-refractivity contribution in [1.82, 2.24) is 15.0 Å². The van der Waals surface area contributed by atoms with Gasteiger partial charge in [-0.1, -0.05) is 0 Å². The van der Waals surface area contributed by atoms with Gasteiger partial charge in [0.1, 0.15) is 0 Å². The Hall–Kier alpha value is -0.325. The number of nitrogens with one attached hydrogen (secondary N) is 3. The van der Waals surface area contributed by atoms with Crippen LogP contribution < -0.4 is 17.1 Å². The van der Waals surface area contributed by atoms with Crippen LogP contribution in [0.1, 0.15) is 0 Å². The summed E-state index contributed by atoms with van der Waals surface area (Å²) in [6.07, 6.45) is 0. The Kier molecular flexibility index (Phi) is 8.68. The van der Waals surface area contributed by atoms with Crippen molar-refractivity contribution in [2.75, 3.05) is 0 Å². The van der Waals surface area contributed by atoms with Crippen LogP contribution >= 0.6 is 0 Å². The molecule has 0 fully saturated rings. The Balaban J connectivity index is 0. The molecule has 0 aliphatic heterocycles. The van der Waals surface area contributed by atoms with Gasteiger partial charge in [-0.3, -0.25) is 15.0 Å². The summed E-state index contributed by atoms with van der Waals surface area (Å²) < 4.78 is 7.21. The van der Waals surface area contributed by atoms with Crippen LogP contribution in [0.15, 0.2) is 14.4 Å². The summed E-state index contributed by atoms with van der Waals surface area (Å²) >= 11 is -0.0500. The first-order chi connectivity index (χ1) is 5.18. The van der Waals surface area contributed by atoms with Crippen LogP contribution in [0.2, 0.25) is 0 Å². The fraction of sp³-hybridized carbons (Fsp3) is 0. The van der Waals surface area contributed by atoms with Crippen molar-refractivity contribution in [1.29, 1.82) is 0 Å². The summed E-state index contributed by atoms with van der Waals surface area (Å²) in [5.74, 6) is 0. The van der Waals surface area contributed by atoms with Crippen molar-refractivity contribution in [3.8, 4) is 0 Å². The third kappa shape index (κ3) is 5.34. The van der Waals surface area contributed by atoms with E-state index in [0.29, 0.717) is 0 Å². The molecular weight excluding hydrogens is 320 g/mol. The van der Waals surface area contributed by atoms with E-state index in [2.05, 4.69) is 0 Å². The number of aromatic nitrogens is 3. The van der Waals surface area contributed by atoms with E-state index in [1.807, 2.05) is 0 Å². The molecule has 12 heavy (non-hydrogen) atoms. The predicted molar refractivity (Wildman–Crippen MR) is 40.5 cm³/mol. The van der Waals surface area contributed by atoms with Gasteiger partial charge in [0, 0.05) is 16.8 Å². The molecule has 1 aromatic heterocycles. The molecule has 4 N–H and O–H groups in total. The Bertz CT molecular complexity index is 288. The summed E-state index contributed by atoms with van der Waals surface area (Å²) in [5, 5.41) is 0. The molecule has 0 amide bonds. The Morgan fingerprint density at radius 1 is 0.833 bits per heavy atom. The second-order valence-electron chi connectivity index (χ2n) is 1.36. The average molecular weight is 327 g/mol. The van der Waals surface area contributed by atoms with Crippen LogP contribution in [0, 0.1) is 0 Å². The van der Waals surface area contributed by atoms with E-state index in [-0.39, 0.29) is 39.7 Å². The van der Waals surface area contributed by atoms with Gasteiger partial charge in [0.05, 0.1) is 0 Å². The van der Waals surface area contributed by atoms with E-state index in [0.717, 1.165) is 0 Å². The molecule has 1 radical (unpaired) electrons. The first-order valence-electron chi connectivity index (χ1n) is 2.56. The molecule has 0 spiro atoms. The fourth-order valence-electron chi connectivity index (χ4n) is 0.403. The van der Waals surface area contributed by atoms with Crippen LogP contribution in [-0.2, 0) is 16.8 Å². The van der Waals surface area contributed by atoms with Gasteiger partial charge in [-0.15, -0.1) is 0 Å². The molecular formula is C3H7CoN3O4Sn. The zero-order valence-electron chi connectivity index (χ0n) is 6.01. The summed E-state index contributed by atoms with van der Waals surface area (Å²) in [7, 11) is 0. The number of H-pyrrole nitrogens is 3. The Morgan fingerprint density at radius 2 is 1.00 bits per heavy atom. The quantitative estimate of drug-likeness (QED) is 0.363. The molecule has 9 heteroatoms. The molecule has 0 aliphatic carbocycles. The first-order valence-corrected chi connectivity index (χ1v) is 5.11. The van der Waals surface area contributed by atoms with Gasteiger partial charge in [0.2, 0.25) is 0 Å². The van der Waals surface area contributed by atoms with Crippen LogP contribution in [0.3, 0.4) is 0 Å². The maximum atomic E-state index is 10.2. The van der Waals surface area contributed by atoms with Crippen LogP contribution in [0.4, 0.5) is 0 Å². The van der Waals surface area contributed by atoms with Crippen molar-refractivity contribution < 1.29 is 20.2 Å². The van der Waals surface area contributed by atoms with E-state index in [9.17, 15) is 14.4 Å². The average Bonchev–Trinajstić information content (AvgIpc) is 1.88. The molecule has 0 aromatic carbocycles. The van der Waals surface area contributed by atoms with Gasteiger partial charge in [0.15, 0.2) is 0 Å². The molecule has 7 nitrogen and oxygen atoms in total. The normalized spacial score (nSPS) is 7.75. The van der Waals surface area contributed by atoms with Crippen molar-refractivity contribution in [2.45, 2.75) is 0 Å². The zero-order chi connectivity index (χ0) is 8.85. The number of hydrogen-bond acceptors (Lipinski definition) is 4. The van der Waals surface area contributed by atoms with E-state index in [4.69, 9.17) is 3.44 Å². The molecule has 71 valence electrons. The second kappa shape index (κ2) is 7.33. The molecule has 1 rings (SSSR count). The predicted octanol–water partition coefficient (Wildman–Crippen LogP) is -3.99. The zero-order valence-corrected chi connectivity index (χ0v) is 12.8. The minimum atomic E-state index is -0.802. The SMILES string of the molecule is O=c1[nH]c(=O)[nH]c(=O)[nH]1.[Co].[OH][SnH3]. The first kappa shape index (κ1) is 14.2. The Labute approximate surface area is 89.5 Å². The third-order valence-corrected chi connectivity index (χ3v) is 0.681. The van der Waals surface area contributed by atoms with Crippen molar-refractivity contribution in [3.63, 3.8) is 0 Å². The molecule has 0 bridgehead atoms. The molecule has 0 atom stereocenters. The molecule has 1 heterocycles. The van der Waals surface area contributed by atoms with E-state index >= 15 is 0 Å². The third-order valence-electron chi connectivity index (χ3n) is 0.681.